The maximum Gasteiger partial charge on any atom is 0.259 e. The fourth-order valence-corrected chi connectivity index (χ4v) is 2.65. The van der Waals surface area contributed by atoms with Crippen LogP contribution >= 0.6 is 0 Å². The van der Waals surface area contributed by atoms with E-state index in [0.29, 0.717) is 24.3 Å². The van der Waals surface area contributed by atoms with Crippen LogP contribution in [0.25, 0.3) is 0 Å². The lowest BCUT2D eigenvalue weighted by molar-refractivity contribution is -0.124. The number of nitrogen functional groups attached to an aromatic ring is 1. The lowest BCUT2D eigenvalue weighted by Crippen LogP contribution is -2.48. The number of nitrogens with zero attached hydrogens (tertiary/aromatic N) is 1. The van der Waals surface area contributed by atoms with Crippen LogP contribution in [0.3, 0.4) is 0 Å². The summed E-state index contributed by atoms with van der Waals surface area (Å²) in [6.07, 6.45) is 5.63. The molecule has 0 heterocycles. The molecular formula is C16H21N3O2. The smallest absolute Gasteiger partial charge is 0.259 e. The summed E-state index contributed by atoms with van der Waals surface area (Å²) in [5, 5.41) is 12.3. The average Bonchev–Trinajstić information content (AvgIpc) is 2.71. The highest BCUT2D eigenvalue weighted by atomic mass is 16.5. The van der Waals surface area contributed by atoms with Crippen LogP contribution in [0.2, 0.25) is 0 Å². The van der Waals surface area contributed by atoms with E-state index in [1.54, 1.807) is 24.3 Å². The average molecular weight is 287 g/mol. The molecule has 5 heteroatoms. The van der Waals surface area contributed by atoms with Gasteiger partial charge in [-0.3, -0.25) is 4.79 Å². The molecule has 1 saturated carbocycles. The number of ether oxygens (including phenoxy) is 1. The van der Waals surface area contributed by atoms with Crippen molar-refractivity contribution in [3.8, 4) is 11.8 Å². The molecule has 0 unspecified atom stereocenters. The van der Waals surface area contributed by atoms with Gasteiger partial charge in [-0.2, -0.15) is 5.26 Å². The first-order valence-corrected chi connectivity index (χ1v) is 7.34. The van der Waals surface area contributed by atoms with Crippen molar-refractivity contribution in [1.29, 1.82) is 5.26 Å². The number of benzene rings is 1. The van der Waals surface area contributed by atoms with Gasteiger partial charge in [0.15, 0.2) is 6.61 Å². The minimum absolute atomic E-state index is 0.104. The van der Waals surface area contributed by atoms with Gasteiger partial charge in [-0.25, -0.2) is 0 Å². The number of rotatable bonds is 4. The summed E-state index contributed by atoms with van der Waals surface area (Å²) < 4.78 is 5.41. The molecule has 0 bridgehead atoms. The normalized spacial score (nSPS) is 17.3. The van der Waals surface area contributed by atoms with Gasteiger partial charge >= 0.3 is 0 Å². The molecule has 0 radical (unpaired) electrons. The number of hydrogen-bond donors (Lipinski definition) is 2. The number of nitriles is 1. The molecule has 0 saturated heterocycles. The van der Waals surface area contributed by atoms with Crippen molar-refractivity contribution in [2.75, 3.05) is 12.3 Å². The summed E-state index contributed by atoms with van der Waals surface area (Å²) in [5.41, 5.74) is 5.51. The second-order valence-corrected chi connectivity index (χ2v) is 5.52. The van der Waals surface area contributed by atoms with E-state index < -0.39 is 5.54 Å². The number of hydrogen-bond acceptors (Lipinski definition) is 4. The predicted molar refractivity (Wildman–Crippen MR) is 80.5 cm³/mol. The molecule has 3 N–H and O–H groups in total. The Bertz CT molecular complexity index is 529. The van der Waals surface area contributed by atoms with Crippen molar-refractivity contribution in [2.45, 2.75) is 44.1 Å². The van der Waals surface area contributed by atoms with Crippen molar-refractivity contribution in [3.05, 3.63) is 24.3 Å². The van der Waals surface area contributed by atoms with Crippen LogP contribution in [0.1, 0.15) is 38.5 Å². The second kappa shape index (κ2) is 6.98. The number of anilines is 1. The highest BCUT2D eigenvalue weighted by Crippen LogP contribution is 2.26. The van der Waals surface area contributed by atoms with Crippen molar-refractivity contribution >= 4 is 11.6 Å². The number of nitrogens with one attached hydrogen (secondary N) is 1. The molecule has 21 heavy (non-hydrogen) atoms. The van der Waals surface area contributed by atoms with Crippen LogP contribution in [0, 0.1) is 11.3 Å². The summed E-state index contributed by atoms with van der Waals surface area (Å²) in [7, 11) is 0. The Labute approximate surface area is 125 Å². The fourth-order valence-electron chi connectivity index (χ4n) is 2.65. The molecule has 1 amide bonds. The number of nitrogens with two attached hydrogens (primary N) is 1. The minimum atomic E-state index is -0.730. The van der Waals surface area contributed by atoms with E-state index in [1.807, 2.05) is 0 Å². The van der Waals surface area contributed by atoms with Crippen molar-refractivity contribution in [1.82, 2.24) is 5.32 Å². The fraction of sp³-hybridized carbons (Fsp3) is 0.500. The zero-order valence-electron chi connectivity index (χ0n) is 12.1. The van der Waals surface area contributed by atoms with Gasteiger partial charge in [0.05, 0.1) is 6.07 Å². The predicted octanol–water partition coefficient (Wildman–Crippen LogP) is 2.38. The van der Waals surface area contributed by atoms with Crippen molar-refractivity contribution in [3.63, 3.8) is 0 Å². The van der Waals surface area contributed by atoms with E-state index in [0.717, 1.165) is 25.7 Å². The maximum atomic E-state index is 12.0. The topological polar surface area (TPSA) is 88.1 Å². The molecule has 1 aromatic rings. The number of carbonyl (C=O) groups excluding carboxylic acids is 1. The molecule has 0 aliphatic heterocycles. The van der Waals surface area contributed by atoms with Gasteiger partial charge < -0.3 is 15.8 Å². The Morgan fingerprint density at radius 3 is 2.67 bits per heavy atom. The first-order valence-electron chi connectivity index (χ1n) is 7.34. The molecule has 1 aromatic carbocycles. The Hall–Kier alpha value is -2.22. The van der Waals surface area contributed by atoms with E-state index in [2.05, 4.69) is 11.4 Å². The molecule has 0 spiro atoms. The molecule has 5 nitrogen and oxygen atoms in total. The standard InChI is InChI=1S/C16H21N3O2/c17-12-16(8-3-1-2-4-9-16)19-15(20)11-21-14-7-5-6-13(18)10-14/h5-7,10H,1-4,8-9,11,18H2,(H,19,20). The molecule has 1 aliphatic carbocycles. The molecule has 1 aliphatic rings. The van der Waals surface area contributed by atoms with Crippen LogP contribution < -0.4 is 15.8 Å². The van der Waals surface area contributed by atoms with Gasteiger partial charge in [0.1, 0.15) is 11.3 Å². The van der Waals surface area contributed by atoms with E-state index in [9.17, 15) is 10.1 Å². The van der Waals surface area contributed by atoms with Crippen LogP contribution in [0.4, 0.5) is 5.69 Å². The third-order valence-corrected chi connectivity index (χ3v) is 3.78. The Kier molecular flexibility index (Phi) is 5.04. The summed E-state index contributed by atoms with van der Waals surface area (Å²) in [6, 6.07) is 9.22. The van der Waals surface area contributed by atoms with E-state index >= 15 is 0 Å². The monoisotopic (exact) mass is 287 g/mol. The number of carbonyl (C=O) groups is 1. The molecule has 0 atom stereocenters. The lowest BCUT2D eigenvalue weighted by Gasteiger charge is -2.26. The highest BCUT2D eigenvalue weighted by Gasteiger charge is 2.32. The van der Waals surface area contributed by atoms with Crippen LogP contribution in [0.15, 0.2) is 24.3 Å². The summed E-state index contributed by atoms with van der Waals surface area (Å²) in [6.45, 7) is -0.104. The maximum absolute atomic E-state index is 12.0. The van der Waals surface area contributed by atoms with Crippen molar-refractivity contribution in [2.24, 2.45) is 0 Å². The van der Waals surface area contributed by atoms with Crippen LogP contribution in [0.5, 0.6) is 5.75 Å². The van der Waals surface area contributed by atoms with Crippen molar-refractivity contribution < 1.29 is 9.53 Å². The largest absolute Gasteiger partial charge is 0.484 e. The first kappa shape index (κ1) is 15.2. The zero-order valence-corrected chi connectivity index (χ0v) is 12.1. The van der Waals surface area contributed by atoms with Gasteiger partial charge in [-0.1, -0.05) is 31.7 Å². The molecule has 112 valence electrons. The Morgan fingerprint density at radius 1 is 1.33 bits per heavy atom. The highest BCUT2D eigenvalue weighted by molar-refractivity contribution is 5.78. The summed E-state index contributed by atoms with van der Waals surface area (Å²) in [4.78, 5) is 12.0. The third-order valence-electron chi connectivity index (χ3n) is 3.78. The number of amides is 1. The zero-order chi connectivity index (χ0) is 15.1. The van der Waals surface area contributed by atoms with Gasteiger partial charge in [0.25, 0.3) is 5.91 Å². The van der Waals surface area contributed by atoms with Gasteiger partial charge in [-0.15, -0.1) is 0 Å². The summed E-state index contributed by atoms with van der Waals surface area (Å²) in [5.74, 6) is 0.290. The first-order chi connectivity index (χ1) is 10.1. The Balaban J connectivity index is 1.89. The molecule has 1 fully saturated rings. The van der Waals surface area contributed by atoms with E-state index in [1.165, 1.54) is 0 Å². The van der Waals surface area contributed by atoms with E-state index in [4.69, 9.17) is 10.5 Å². The molecule has 0 aromatic heterocycles. The Morgan fingerprint density at radius 2 is 2.05 bits per heavy atom. The van der Waals surface area contributed by atoms with Gasteiger partial charge in [0, 0.05) is 11.8 Å². The SMILES string of the molecule is N#CC1(NC(=O)COc2cccc(N)c2)CCCCCC1. The quantitative estimate of drug-likeness (QED) is 0.657. The summed E-state index contributed by atoms with van der Waals surface area (Å²) >= 11 is 0. The van der Waals surface area contributed by atoms with Crippen LogP contribution in [-0.4, -0.2) is 18.1 Å². The van der Waals surface area contributed by atoms with Gasteiger partial charge in [0.2, 0.25) is 0 Å². The molecular weight excluding hydrogens is 266 g/mol. The lowest BCUT2D eigenvalue weighted by atomic mass is 9.92. The third kappa shape index (κ3) is 4.38. The van der Waals surface area contributed by atoms with Gasteiger partial charge in [-0.05, 0) is 25.0 Å². The molecule has 2 rings (SSSR count). The van der Waals surface area contributed by atoms with Crippen LogP contribution in [-0.2, 0) is 4.79 Å². The minimum Gasteiger partial charge on any atom is -0.484 e. The second-order valence-electron chi connectivity index (χ2n) is 5.52. The van der Waals surface area contributed by atoms with E-state index in [-0.39, 0.29) is 12.5 Å².